The summed E-state index contributed by atoms with van der Waals surface area (Å²) < 4.78 is 0. The molecule has 2 rings (SSSR count). The molecule has 0 aliphatic heterocycles. The van der Waals surface area contributed by atoms with Crippen molar-refractivity contribution in [3.8, 4) is 0 Å². The van der Waals surface area contributed by atoms with Gasteiger partial charge in [-0.25, -0.2) is 0 Å². The first-order valence-corrected chi connectivity index (χ1v) is 6.89. The highest BCUT2D eigenvalue weighted by Crippen LogP contribution is 2.28. The summed E-state index contributed by atoms with van der Waals surface area (Å²) in [5, 5.41) is 2.96. The van der Waals surface area contributed by atoms with Crippen LogP contribution >= 0.6 is 11.8 Å². The van der Waals surface area contributed by atoms with E-state index >= 15 is 0 Å². The van der Waals surface area contributed by atoms with E-state index < -0.39 is 0 Å². The molecule has 4 heteroatoms. The Morgan fingerprint density at radius 1 is 1.53 bits per heavy atom. The summed E-state index contributed by atoms with van der Waals surface area (Å²) in [5.74, 6) is 1.32. The standard InChI is InChI=1S/C13H18N2OS/c1-9-2-5-11(14)6-12(9)17-8-13(16)15-7-10-3-4-10/h2,5-6,10H,3-4,7-8,14H2,1H3,(H,15,16). The Hall–Kier alpha value is -1.16. The molecule has 0 unspecified atom stereocenters. The number of rotatable bonds is 5. The molecule has 3 N–H and O–H groups in total. The molecule has 0 atom stereocenters. The summed E-state index contributed by atoms with van der Waals surface area (Å²) in [4.78, 5) is 12.7. The quantitative estimate of drug-likeness (QED) is 0.622. The lowest BCUT2D eigenvalue weighted by Crippen LogP contribution is -2.27. The molecular formula is C13H18N2OS. The maximum atomic E-state index is 11.6. The molecule has 1 amide bonds. The lowest BCUT2D eigenvalue weighted by atomic mass is 10.2. The number of nitrogen functional groups attached to an aromatic ring is 1. The third kappa shape index (κ3) is 3.97. The van der Waals surface area contributed by atoms with Crippen LogP contribution in [0, 0.1) is 12.8 Å². The van der Waals surface area contributed by atoms with Crippen LogP contribution in [0.15, 0.2) is 23.1 Å². The van der Waals surface area contributed by atoms with Crippen LogP contribution in [0.4, 0.5) is 5.69 Å². The van der Waals surface area contributed by atoms with Crippen molar-refractivity contribution in [1.82, 2.24) is 5.32 Å². The Bertz CT molecular complexity index is 416. The topological polar surface area (TPSA) is 55.1 Å². The van der Waals surface area contributed by atoms with Gasteiger partial charge in [-0.1, -0.05) is 6.07 Å². The second kappa shape index (κ2) is 5.45. The number of carbonyl (C=O) groups excluding carboxylic acids is 1. The zero-order chi connectivity index (χ0) is 12.3. The number of hydrogen-bond acceptors (Lipinski definition) is 3. The Kier molecular flexibility index (Phi) is 3.94. The summed E-state index contributed by atoms with van der Waals surface area (Å²) in [6.07, 6.45) is 2.53. The first-order valence-electron chi connectivity index (χ1n) is 5.91. The van der Waals surface area contributed by atoms with Gasteiger partial charge in [-0.3, -0.25) is 4.79 Å². The molecule has 0 spiro atoms. The van der Waals surface area contributed by atoms with Crippen molar-refractivity contribution in [3.63, 3.8) is 0 Å². The van der Waals surface area contributed by atoms with Crippen LogP contribution in [-0.4, -0.2) is 18.2 Å². The van der Waals surface area contributed by atoms with E-state index in [1.165, 1.54) is 18.4 Å². The summed E-state index contributed by atoms with van der Waals surface area (Å²) in [7, 11) is 0. The van der Waals surface area contributed by atoms with Crippen LogP contribution in [-0.2, 0) is 4.79 Å². The number of amides is 1. The molecule has 1 aromatic carbocycles. The van der Waals surface area contributed by atoms with Gasteiger partial charge in [0.2, 0.25) is 5.91 Å². The van der Waals surface area contributed by atoms with Crippen LogP contribution in [0.5, 0.6) is 0 Å². The molecule has 3 nitrogen and oxygen atoms in total. The number of benzene rings is 1. The van der Waals surface area contributed by atoms with E-state index in [2.05, 4.69) is 5.32 Å². The van der Waals surface area contributed by atoms with E-state index in [4.69, 9.17) is 5.73 Å². The largest absolute Gasteiger partial charge is 0.399 e. The number of thioether (sulfide) groups is 1. The summed E-state index contributed by atoms with van der Waals surface area (Å²) >= 11 is 1.55. The predicted molar refractivity (Wildman–Crippen MR) is 72.0 cm³/mol. The lowest BCUT2D eigenvalue weighted by Gasteiger charge is -2.07. The zero-order valence-corrected chi connectivity index (χ0v) is 10.8. The van der Waals surface area contributed by atoms with E-state index in [0.29, 0.717) is 5.75 Å². The Morgan fingerprint density at radius 3 is 3.00 bits per heavy atom. The fourth-order valence-electron chi connectivity index (χ4n) is 1.55. The summed E-state index contributed by atoms with van der Waals surface area (Å²) in [6, 6.07) is 5.79. The van der Waals surface area contributed by atoms with Gasteiger partial charge < -0.3 is 11.1 Å². The van der Waals surface area contributed by atoms with Gasteiger partial charge in [0.25, 0.3) is 0 Å². The number of carbonyl (C=O) groups is 1. The first-order chi connectivity index (χ1) is 8.15. The van der Waals surface area contributed by atoms with Crippen molar-refractivity contribution >= 4 is 23.4 Å². The third-order valence-electron chi connectivity index (χ3n) is 2.86. The minimum absolute atomic E-state index is 0.115. The molecule has 1 saturated carbocycles. The molecular weight excluding hydrogens is 232 g/mol. The third-order valence-corrected chi connectivity index (χ3v) is 4.01. The zero-order valence-electron chi connectivity index (χ0n) is 10.0. The molecule has 1 fully saturated rings. The minimum atomic E-state index is 0.115. The second-order valence-corrected chi connectivity index (χ2v) is 5.58. The monoisotopic (exact) mass is 250 g/mol. The van der Waals surface area contributed by atoms with Gasteiger partial charge in [0.15, 0.2) is 0 Å². The van der Waals surface area contributed by atoms with Crippen LogP contribution in [0.1, 0.15) is 18.4 Å². The highest BCUT2D eigenvalue weighted by molar-refractivity contribution is 8.00. The van der Waals surface area contributed by atoms with E-state index in [-0.39, 0.29) is 5.91 Å². The van der Waals surface area contributed by atoms with Gasteiger partial charge in [0.05, 0.1) is 5.75 Å². The predicted octanol–water partition coefficient (Wildman–Crippen LogP) is 2.20. The van der Waals surface area contributed by atoms with Gasteiger partial charge >= 0.3 is 0 Å². The summed E-state index contributed by atoms with van der Waals surface area (Å²) in [6.45, 7) is 2.87. The van der Waals surface area contributed by atoms with E-state index in [0.717, 1.165) is 23.0 Å². The van der Waals surface area contributed by atoms with Crippen LogP contribution in [0.3, 0.4) is 0 Å². The highest BCUT2D eigenvalue weighted by Gasteiger charge is 2.21. The van der Waals surface area contributed by atoms with Crippen LogP contribution < -0.4 is 11.1 Å². The average Bonchev–Trinajstić information content (AvgIpc) is 3.11. The van der Waals surface area contributed by atoms with Gasteiger partial charge in [0, 0.05) is 17.1 Å². The molecule has 1 aromatic rings. The molecule has 1 aliphatic carbocycles. The van der Waals surface area contributed by atoms with Crippen molar-refractivity contribution < 1.29 is 4.79 Å². The van der Waals surface area contributed by atoms with E-state index in [9.17, 15) is 4.79 Å². The molecule has 1 aliphatic rings. The number of nitrogens with one attached hydrogen (secondary N) is 1. The molecule has 0 aromatic heterocycles. The maximum Gasteiger partial charge on any atom is 0.230 e. The van der Waals surface area contributed by atoms with Crippen molar-refractivity contribution in [2.75, 3.05) is 18.0 Å². The highest BCUT2D eigenvalue weighted by atomic mass is 32.2. The van der Waals surface area contributed by atoms with E-state index in [1.54, 1.807) is 11.8 Å². The molecule has 0 saturated heterocycles. The smallest absolute Gasteiger partial charge is 0.230 e. The lowest BCUT2D eigenvalue weighted by molar-refractivity contribution is -0.118. The minimum Gasteiger partial charge on any atom is -0.399 e. The molecule has 92 valence electrons. The van der Waals surface area contributed by atoms with Crippen molar-refractivity contribution in [2.24, 2.45) is 5.92 Å². The van der Waals surface area contributed by atoms with Gasteiger partial charge in [-0.05, 0) is 43.4 Å². The summed E-state index contributed by atoms with van der Waals surface area (Å²) in [5.41, 5.74) is 7.64. The number of nitrogens with two attached hydrogens (primary N) is 1. The van der Waals surface area contributed by atoms with Gasteiger partial charge in [-0.2, -0.15) is 0 Å². The Labute approximate surface area is 106 Å². The van der Waals surface area contributed by atoms with Crippen molar-refractivity contribution in [1.29, 1.82) is 0 Å². The average molecular weight is 250 g/mol. The fraction of sp³-hybridized carbons (Fsp3) is 0.462. The second-order valence-electron chi connectivity index (χ2n) is 4.56. The number of aryl methyl sites for hydroxylation is 1. The normalized spacial score (nSPS) is 14.6. The van der Waals surface area contributed by atoms with Crippen LogP contribution in [0.25, 0.3) is 0 Å². The number of hydrogen-bond donors (Lipinski definition) is 2. The number of anilines is 1. The fourth-order valence-corrected chi connectivity index (χ4v) is 2.45. The molecule has 17 heavy (non-hydrogen) atoms. The SMILES string of the molecule is Cc1ccc(N)cc1SCC(=O)NCC1CC1. The van der Waals surface area contributed by atoms with Crippen molar-refractivity contribution in [3.05, 3.63) is 23.8 Å². The van der Waals surface area contributed by atoms with Crippen LogP contribution in [0.2, 0.25) is 0 Å². The van der Waals surface area contributed by atoms with E-state index in [1.807, 2.05) is 25.1 Å². The van der Waals surface area contributed by atoms with Crippen molar-refractivity contribution in [2.45, 2.75) is 24.7 Å². The molecule has 0 bridgehead atoms. The maximum absolute atomic E-state index is 11.6. The Morgan fingerprint density at radius 2 is 2.29 bits per heavy atom. The Balaban J connectivity index is 1.79. The molecule has 0 heterocycles. The van der Waals surface area contributed by atoms with Gasteiger partial charge in [0.1, 0.15) is 0 Å². The van der Waals surface area contributed by atoms with Gasteiger partial charge in [-0.15, -0.1) is 11.8 Å². The molecule has 0 radical (unpaired) electrons. The first kappa shape index (κ1) is 12.3.